The van der Waals surface area contributed by atoms with Crippen molar-refractivity contribution in [2.24, 2.45) is 0 Å². The Balaban J connectivity index is 1.54. The summed E-state index contributed by atoms with van der Waals surface area (Å²) in [6, 6.07) is 26.0. The van der Waals surface area contributed by atoms with Crippen LogP contribution < -0.4 is 0 Å². The summed E-state index contributed by atoms with van der Waals surface area (Å²) in [6.07, 6.45) is 5.43. The van der Waals surface area contributed by atoms with Gasteiger partial charge in [-0.3, -0.25) is 4.98 Å². The van der Waals surface area contributed by atoms with Crippen molar-refractivity contribution in [2.75, 3.05) is 0 Å². The molecule has 0 saturated carbocycles. The van der Waals surface area contributed by atoms with Crippen LogP contribution in [0.3, 0.4) is 0 Å². The average Bonchev–Trinajstić information content (AvgIpc) is 2.79. The highest BCUT2D eigenvalue weighted by molar-refractivity contribution is 6.10. The van der Waals surface area contributed by atoms with Crippen molar-refractivity contribution in [3.05, 3.63) is 101 Å². The second-order valence-corrected chi connectivity index (χ2v) is 8.38. The minimum absolute atomic E-state index is 0.346. The second kappa shape index (κ2) is 6.93. The van der Waals surface area contributed by atoms with Gasteiger partial charge in [0.1, 0.15) is 0 Å². The van der Waals surface area contributed by atoms with Gasteiger partial charge in [-0.05, 0) is 81.6 Å². The van der Waals surface area contributed by atoms with Gasteiger partial charge >= 0.3 is 0 Å². The van der Waals surface area contributed by atoms with Crippen molar-refractivity contribution in [1.29, 1.82) is 0 Å². The molecular formula is C28H23NO. The zero-order valence-electron chi connectivity index (χ0n) is 16.8. The van der Waals surface area contributed by atoms with Gasteiger partial charge in [-0.15, -0.1) is 0 Å². The molecule has 0 bridgehead atoms. The molecule has 1 unspecified atom stereocenters. The van der Waals surface area contributed by atoms with Gasteiger partial charge in [0.15, 0.2) is 0 Å². The third-order valence-corrected chi connectivity index (χ3v) is 6.66. The molecule has 0 radical (unpaired) electrons. The van der Waals surface area contributed by atoms with E-state index in [9.17, 15) is 5.11 Å². The fourth-order valence-corrected chi connectivity index (χ4v) is 5.22. The number of benzene rings is 4. The quantitative estimate of drug-likeness (QED) is 0.350. The molecule has 146 valence electrons. The number of fused-ring (bicyclic) bond motifs is 6. The van der Waals surface area contributed by atoms with Crippen molar-refractivity contribution in [1.82, 2.24) is 4.98 Å². The second-order valence-electron chi connectivity index (χ2n) is 8.38. The van der Waals surface area contributed by atoms with E-state index >= 15 is 0 Å². The molecule has 6 rings (SSSR count). The highest BCUT2D eigenvalue weighted by Crippen LogP contribution is 2.38. The van der Waals surface area contributed by atoms with E-state index in [-0.39, 0.29) is 6.10 Å². The first-order valence-electron chi connectivity index (χ1n) is 10.8. The van der Waals surface area contributed by atoms with Gasteiger partial charge in [-0.1, -0.05) is 60.7 Å². The SMILES string of the molecule is OC1CCCc2ccc3c(ccc4c(Cc5ccnc6ccccc56)cccc43)c21. The minimum atomic E-state index is -0.346. The van der Waals surface area contributed by atoms with E-state index in [1.165, 1.54) is 43.6 Å². The Bertz CT molecular complexity index is 1410. The van der Waals surface area contributed by atoms with E-state index in [0.717, 1.165) is 36.8 Å². The van der Waals surface area contributed by atoms with Crippen LogP contribution in [0.25, 0.3) is 32.4 Å². The van der Waals surface area contributed by atoms with E-state index in [4.69, 9.17) is 0 Å². The fourth-order valence-electron chi connectivity index (χ4n) is 5.22. The molecule has 0 amide bonds. The summed E-state index contributed by atoms with van der Waals surface area (Å²) in [6.45, 7) is 0. The molecule has 1 heterocycles. The maximum Gasteiger partial charge on any atom is 0.0798 e. The first kappa shape index (κ1) is 17.6. The zero-order valence-corrected chi connectivity index (χ0v) is 16.8. The summed E-state index contributed by atoms with van der Waals surface area (Å²) in [5.74, 6) is 0. The van der Waals surface area contributed by atoms with Crippen LogP contribution in [0.1, 0.15) is 41.2 Å². The van der Waals surface area contributed by atoms with Gasteiger partial charge in [-0.25, -0.2) is 0 Å². The smallest absolute Gasteiger partial charge is 0.0798 e. The maximum atomic E-state index is 10.7. The average molecular weight is 389 g/mol. The predicted molar refractivity (Wildman–Crippen MR) is 124 cm³/mol. The van der Waals surface area contributed by atoms with E-state index in [1.54, 1.807) is 0 Å². The van der Waals surface area contributed by atoms with Crippen LogP contribution in [-0.2, 0) is 12.8 Å². The van der Waals surface area contributed by atoms with E-state index in [1.807, 2.05) is 12.3 Å². The maximum absolute atomic E-state index is 10.7. The van der Waals surface area contributed by atoms with Gasteiger partial charge in [0.05, 0.1) is 11.6 Å². The van der Waals surface area contributed by atoms with E-state index in [0.29, 0.717) is 0 Å². The normalized spacial score (nSPS) is 16.2. The van der Waals surface area contributed by atoms with Gasteiger partial charge in [0.2, 0.25) is 0 Å². The van der Waals surface area contributed by atoms with Crippen LogP contribution in [0, 0.1) is 0 Å². The molecule has 1 N–H and O–H groups in total. The molecule has 0 fully saturated rings. The number of aromatic nitrogens is 1. The third kappa shape index (κ3) is 2.72. The summed E-state index contributed by atoms with van der Waals surface area (Å²) >= 11 is 0. The van der Waals surface area contributed by atoms with Crippen LogP contribution in [0.2, 0.25) is 0 Å². The van der Waals surface area contributed by atoms with Crippen molar-refractivity contribution >= 4 is 32.4 Å². The Labute approximate surface area is 175 Å². The predicted octanol–water partition coefficient (Wildman–Crippen LogP) is 6.50. The molecule has 1 atom stereocenters. The molecular weight excluding hydrogens is 366 g/mol. The van der Waals surface area contributed by atoms with E-state index in [2.05, 4.69) is 71.7 Å². The summed E-state index contributed by atoms with van der Waals surface area (Å²) in [5.41, 5.74) is 6.12. The highest BCUT2D eigenvalue weighted by Gasteiger charge is 2.21. The molecule has 0 spiro atoms. The Morgan fingerprint density at radius 2 is 1.50 bits per heavy atom. The van der Waals surface area contributed by atoms with Crippen molar-refractivity contribution in [3.63, 3.8) is 0 Å². The fraction of sp³-hybridized carbons (Fsp3) is 0.179. The number of hydrogen-bond acceptors (Lipinski definition) is 2. The van der Waals surface area contributed by atoms with Crippen LogP contribution in [-0.4, -0.2) is 10.1 Å². The van der Waals surface area contributed by atoms with Gasteiger partial charge in [-0.2, -0.15) is 0 Å². The van der Waals surface area contributed by atoms with Crippen LogP contribution in [0.15, 0.2) is 79.0 Å². The Morgan fingerprint density at radius 3 is 2.47 bits per heavy atom. The molecule has 5 aromatic rings. The lowest BCUT2D eigenvalue weighted by atomic mass is 9.84. The lowest BCUT2D eigenvalue weighted by Crippen LogP contribution is -2.09. The Hall–Kier alpha value is -3.23. The van der Waals surface area contributed by atoms with Crippen molar-refractivity contribution < 1.29 is 5.11 Å². The summed E-state index contributed by atoms with van der Waals surface area (Å²) in [5, 5.41) is 16.9. The number of aryl methyl sites for hydroxylation is 1. The number of rotatable bonds is 2. The molecule has 1 aliphatic rings. The summed E-state index contributed by atoms with van der Waals surface area (Å²) in [7, 11) is 0. The first-order chi connectivity index (χ1) is 14.8. The monoisotopic (exact) mass is 389 g/mol. The largest absolute Gasteiger partial charge is 0.388 e. The van der Waals surface area contributed by atoms with Crippen LogP contribution in [0.5, 0.6) is 0 Å². The Kier molecular flexibility index (Phi) is 4.07. The number of aliphatic hydroxyl groups excluding tert-OH is 1. The molecule has 0 aliphatic heterocycles. The number of hydrogen-bond donors (Lipinski definition) is 1. The Morgan fingerprint density at radius 1 is 0.733 bits per heavy atom. The molecule has 0 saturated heterocycles. The minimum Gasteiger partial charge on any atom is -0.388 e. The summed E-state index contributed by atoms with van der Waals surface area (Å²) < 4.78 is 0. The van der Waals surface area contributed by atoms with E-state index < -0.39 is 0 Å². The van der Waals surface area contributed by atoms with Gasteiger partial charge in [0, 0.05) is 11.6 Å². The van der Waals surface area contributed by atoms with Gasteiger partial charge in [0.25, 0.3) is 0 Å². The molecule has 2 heteroatoms. The third-order valence-electron chi connectivity index (χ3n) is 6.66. The molecule has 30 heavy (non-hydrogen) atoms. The lowest BCUT2D eigenvalue weighted by molar-refractivity contribution is 0.158. The molecule has 2 nitrogen and oxygen atoms in total. The number of pyridine rings is 1. The highest BCUT2D eigenvalue weighted by atomic mass is 16.3. The number of para-hydroxylation sites is 1. The molecule has 4 aromatic carbocycles. The zero-order chi connectivity index (χ0) is 20.1. The standard InChI is InChI=1S/C28H23NO/c30-27-10-4-5-18-11-12-24-23-8-3-6-19(21(23)13-14-25(24)28(18)27)17-20-15-16-29-26-9-2-1-7-22(20)26/h1-3,6-9,11-16,27,30H,4-5,10,17H2. The van der Waals surface area contributed by atoms with Gasteiger partial charge < -0.3 is 5.11 Å². The number of nitrogens with zero attached hydrogens (tertiary/aromatic N) is 1. The number of aliphatic hydroxyl groups is 1. The molecule has 1 aliphatic carbocycles. The van der Waals surface area contributed by atoms with Crippen molar-refractivity contribution in [3.8, 4) is 0 Å². The topological polar surface area (TPSA) is 33.1 Å². The van der Waals surface area contributed by atoms with Crippen LogP contribution in [0.4, 0.5) is 0 Å². The molecule has 1 aromatic heterocycles. The summed E-state index contributed by atoms with van der Waals surface area (Å²) in [4.78, 5) is 4.51. The van der Waals surface area contributed by atoms with Crippen LogP contribution >= 0.6 is 0 Å². The first-order valence-corrected chi connectivity index (χ1v) is 10.8. The lowest BCUT2D eigenvalue weighted by Gasteiger charge is -2.24. The van der Waals surface area contributed by atoms with Crippen molar-refractivity contribution in [2.45, 2.75) is 31.8 Å².